The summed E-state index contributed by atoms with van der Waals surface area (Å²) in [5, 5.41) is 4.33. The molecule has 0 aliphatic carbocycles. The third-order valence-corrected chi connectivity index (χ3v) is 4.03. The lowest BCUT2D eigenvalue weighted by molar-refractivity contribution is 0.554. The number of rotatable bonds is 4. The molecule has 0 saturated heterocycles. The maximum atomic E-state index is 13.9. The maximum absolute atomic E-state index is 13.9. The van der Waals surface area contributed by atoms with Crippen LogP contribution >= 0.6 is 23.2 Å². The zero-order valence-electron chi connectivity index (χ0n) is 11.4. The van der Waals surface area contributed by atoms with E-state index in [-0.39, 0.29) is 11.9 Å². The van der Waals surface area contributed by atoms with Crippen molar-refractivity contribution in [1.29, 1.82) is 0 Å². The summed E-state index contributed by atoms with van der Waals surface area (Å²) in [6.07, 6.45) is 0.541. The van der Waals surface area contributed by atoms with Crippen molar-refractivity contribution in [2.24, 2.45) is 0 Å². The van der Waals surface area contributed by atoms with E-state index < -0.39 is 0 Å². The molecule has 0 radical (unpaired) electrons. The van der Waals surface area contributed by atoms with Gasteiger partial charge in [0.25, 0.3) is 0 Å². The predicted octanol–water partition coefficient (Wildman–Crippen LogP) is 4.94. The molecule has 106 valence electrons. The van der Waals surface area contributed by atoms with E-state index in [1.54, 1.807) is 12.1 Å². The fraction of sp³-hybridized carbons (Fsp3) is 0.250. The van der Waals surface area contributed by atoms with Crippen molar-refractivity contribution in [2.45, 2.75) is 19.4 Å². The first-order valence-corrected chi connectivity index (χ1v) is 7.14. The lowest BCUT2D eigenvalue weighted by Gasteiger charge is -2.18. The van der Waals surface area contributed by atoms with Crippen molar-refractivity contribution in [3.05, 3.63) is 69.0 Å². The number of benzene rings is 2. The summed E-state index contributed by atoms with van der Waals surface area (Å²) in [5.41, 5.74) is 2.70. The topological polar surface area (TPSA) is 12.0 Å². The van der Waals surface area contributed by atoms with Gasteiger partial charge in [0.2, 0.25) is 0 Å². The van der Waals surface area contributed by atoms with Gasteiger partial charge < -0.3 is 5.32 Å². The lowest BCUT2D eigenvalue weighted by Crippen LogP contribution is -2.19. The molecule has 2 aromatic carbocycles. The van der Waals surface area contributed by atoms with Gasteiger partial charge in [0.1, 0.15) is 5.82 Å². The normalized spacial score (nSPS) is 12.4. The van der Waals surface area contributed by atoms with E-state index in [4.69, 9.17) is 23.2 Å². The van der Waals surface area contributed by atoms with Gasteiger partial charge in [0.05, 0.1) is 0 Å². The molecule has 0 heterocycles. The van der Waals surface area contributed by atoms with Crippen LogP contribution in [0.5, 0.6) is 0 Å². The van der Waals surface area contributed by atoms with E-state index in [1.807, 2.05) is 32.2 Å². The van der Waals surface area contributed by atoms with Gasteiger partial charge in [0.15, 0.2) is 0 Å². The molecule has 1 nitrogen and oxygen atoms in total. The summed E-state index contributed by atoms with van der Waals surface area (Å²) in [6.45, 7) is 1.96. The van der Waals surface area contributed by atoms with Crippen LogP contribution in [0.15, 0.2) is 36.4 Å². The fourth-order valence-electron chi connectivity index (χ4n) is 2.12. The van der Waals surface area contributed by atoms with Crippen LogP contribution in [0.3, 0.4) is 0 Å². The predicted molar refractivity (Wildman–Crippen MR) is 83.1 cm³/mol. The van der Waals surface area contributed by atoms with Gasteiger partial charge in [-0.1, -0.05) is 41.4 Å². The molecule has 0 amide bonds. The number of hydrogen-bond acceptors (Lipinski definition) is 1. The molecule has 2 rings (SSSR count). The Morgan fingerprint density at radius 2 is 1.90 bits per heavy atom. The molecule has 1 N–H and O–H groups in total. The lowest BCUT2D eigenvalue weighted by atomic mass is 9.98. The van der Waals surface area contributed by atoms with Crippen LogP contribution in [0.1, 0.15) is 22.7 Å². The minimum absolute atomic E-state index is 0.00350. The van der Waals surface area contributed by atoms with E-state index in [1.165, 1.54) is 6.07 Å². The standard InChI is InChI=1S/C16H16Cl2FN/c1-10-3-4-12(7-14(10)18)16(20-2)8-11-5-6-13(17)9-15(11)19/h3-7,9,16,20H,8H2,1-2H3. The van der Waals surface area contributed by atoms with Crippen molar-refractivity contribution in [3.63, 3.8) is 0 Å². The van der Waals surface area contributed by atoms with Crippen molar-refractivity contribution in [2.75, 3.05) is 7.05 Å². The quantitative estimate of drug-likeness (QED) is 0.843. The van der Waals surface area contributed by atoms with Gasteiger partial charge >= 0.3 is 0 Å². The molecule has 1 unspecified atom stereocenters. The average molecular weight is 312 g/mol. The smallest absolute Gasteiger partial charge is 0.127 e. The van der Waals surface area contributed by atoms with Crippen LogP contribution in [-0.4, -0.2) is 7.05 Å². The Bertz CT molecular complexity index is 613. The highest BCUT2D eigenvalue weighted by Crippen LogP contribution is 2.25. The first-order valence-electron chi connectivity index (χ1n) is 6.38. The third-order valence-electron chi connectivity index (χ3n) is 3.39. The molecule has 0 bridgehead atoms. The summed E-state index contributed by atoms with van der Waals surface area (Å²) in [4.78, 5) is 0. The molecular weight excluding hydrogens is 296 g/mol. The summed E-state index contributed by atoms with van der Waals surface area (Å²) < 4.78 is 13.9. The Labute approximate surface area is 128 Å². The number of aryl methyl sites for hydroxylation is 1. The highest BCUT2D eigenvalue weighted by atomic mass is 35.5. The molecule has 20 heavy (non-hydrogen) atoms. The molecule has 0 aliphatic rings. The zero-order chi connectivity index (χ0) is 14.7. The minimum Gasteiger partial charge on any atom is -0.313 e. The molecule has 0 fully saturated rings. The largest absolute Gasteiger partial charge is 0.313 e. The Hall–Kier alpha value is -1.09. The molecule has 2 aromatic rings. The number of likely N-dealkylation sites (N-methyl/N-ethyl adjacent to an activating group) is 1. The number of hydrogen-bond donors (Lipinski definition) is 1. The van der Waals surface area contributed by atoms with E-state index >= 15 is 0 Å². The maximum Gasteiger partial charge on any atom is 0.127 e. The molecule has 4 heteroatoms. The summed E-state index contributed by atoms with van der Waals surface area (Å²) in [7, 11) is 1.85. The van der Waals surface area contributed by atoms with Gasteiger partial charge in [-0.2, -0.15) is 0 Å². The van der Waals surface area contributed by atoms with Gasteiger partial charge in [-0.15, -0.1) is 0 Å². The molecule has 0 spiro atoms. The van der Waals surface area contributed by atoms with Gasteiger partial charge in [-0.3, -0.25) is 0 Å². The first kappa shape index (κ1) is 15.3. The Morgan fingerprint density at radius 3 is 2.50 bits per heavy atom. The van der Waals surface area contributed by atoms with Crippen molar-refractivity contribution in [3.8, 4) is 0 Å². The second-order valence-electron chi connectivity index (χ2n) is 4.79. The van der Waals surface area contributed by atoms with Crippen LogP contribution in [0.2, 0.25) is 10.0 Å². The van der Waals surface area contributed by atoms with Gasteiger partial charge in [0, 0.05) is 16.1 Å². The molecule has 0 saturated carbocycles. The summed E-state index contributed by atoms with van der Waals surface area (Å²) in [5.74, 6) is -0.282. The minimum atomic E-state index is -0.282. The molecular formula is C16H16Cl2FN. The zero-order valence-corrected chi connectivity index (χ0v) is 12.9. The van der Waals surface area contributed by atoms with Crippen molar-refractivity contribution >= 4 is 23.2 Å². The molecule has 0 aromatic heterocycles. The monoisotopic (exact) mass is 311 g/mol. The van der Waals surface area contributed by atoms with Crippen LogP contribution in [-0.2, 0) is 6.42 Å². The summed E-state index contributed by atoms with van der Waals surface area (Å²) in [6, 6.07) is 10.7. The summed E-state index contributed by atoms with van der Waals surface area (Å²) >= 11 is 11.9. The van der Waals surface area contributed by atoms with E-state index in [2.05, 4.69) is 5.32 Å². The molecule has 1 atom stereocenters. The van der Waals surface area contributed by atoms with Crippen molar-refractivity contribution in [1.82, 2.24) is 5.32 Å². The first-order chi connectivity index (χ1) is 9.51. The Kier molecular flexibility index (Phi) is 5.03. The second-order valence-corrected chi connectivity index (χ2v) is 5.63. The highest BCUT2D eigenvalue weighted by Gasteiger charge is 2.14. The van der Waals surface area contributed by atoms with Crippen LogP contribution in [0.25, 0.3) is 0 Å². The van der Waals surface area contributed by atoms with E-state index in [9.17, 15) is 4.39 Å². The fourth-order valence-corrected chi connectivity index (χ4v) is 2.47. The van der Waals surface area contributed by atoms with Crippen LogP contribution in [0, 0.1) is 12.7 Å². The average Bonchev–Trinajstić information content (AvgIpc) is 2.41. The third kappa shape index (κ3) is 3.51. The van der Waals surface area contributed by atoms with E-state index in [0.717, 1.165) is 16.1 Å². The van der Waals surface area contributed by atoms with Crippen LogP contribution < -0.4 is 5.32 Å². The molecule has 0 aliphatic heterocycles. The Balaban J connectivity index is 2.26. The van der Waals surface area contributed by atoms with Gasteiger partial charge in [-0.25, -0.2) is 4.39 Å². The van der Waals surface area contributed by atoms with Crippen LogP contribution in [0.4, 0.5) is 4.39 Å². The Morgan fingerprint density at radius 1 is 1.15 bits per heavy atom. The SMILES string of the molecule is CNC(Cc1ccc(Cl)cc1F)c1ccc(C)c(Cl)c1. The van der Waals surface area contributed by atoms with Gasteiger partial charge in [-0.05, 0) is 55.3 Å². The second kappa shape index (κ2) is 6.57. The van der Waals surface area contributed by atoms with Crippen molar-refractivity contribution < 1.29 is 4.39 Å². The highest BCUT2D eigenvalue weighted by molar-refractivity contribution is 6.31. The number of nitrogens with one attached hydrogen (secondary N) is 1. The number of halogens is 3. The van der Waals surface area contributed by atoms with E-state index in [0.29, 0.717) is 17.0 Å².